The number of ether oxygens (including phenoxy) is 1. The number of thiocarbonyl (C=S) groups is 1. The molecule has 0 radical (unpaired) electrons. The summed E-state index contributed by atoms with van der Waals surface area (Å²) in [5.41, 5.74) is 3.21. The molecule has 2 heteroatoms. The molecule has 18 heavy (non-hydrogen) atoms. The topological polar surface area (TPSA) is 9.23 Å². The van der Waals surface area contributed by atoms with Crippen LogP contribution in [0.1, 0.15) is 18.1 Å². The number of rotatable bonds is 3. The van der Waals surface area contributed by atoms with Crippen LogP contribution in [0.4, 0.5) is 0 Å². The third-order valence-corrected chi connectivity index (χ3v) is 3.44. The lowest BCUT2D eigenvalue weighted by molar-refractivity contribution is 0.302. The Kier molecular flexibility index (Phi) is 3.78. The normalized spacial score (nSPS) is 10.3. The van der Waals surface area contributed by atoms with Crippen molar-refractivity contribution in [2.75, 3.05) is 0 Å². The van der Waals surface area contributed by atoms with Gasteiger partial charge in [-0.3, -0.25) is 0 Å². The Morgan fingerprint density at radius 1 is 1.22 bits per heavy atom. The Morgan fingerprint density at radius 2 is 1.94 bits per heavy atom. The summed E-state index contributed by atoms with van der Waals surface area (Å²) in [6, 6.07) is 12.6. The molecule has 0 fully saturated rings. The zero-order valence-electron chi connectivity index (χ0n) is 10.7. The van der Waals surface area contributed by atoms with Gasteiger partial charge in [-0.05, 0) is 48.0 Å². The van der Waals surface area contributed by atoms with Gasteiger partial charge in [-0.2, -0.15) is 0 Å². The van der Waals surface area contributed by atoms with E-state index in [1.165, 1.54) is 21.9 Å². The molecule has 0 aromatic heterocycles. The highest BCUT2D eigenvalue weighted by Gasteiger charge is 2.06. The van der Waals surface area contributed by atoms with Crippen LogP contribution in [0, 0.1) is 6.92 Å². The largest absolute Gasteiger partial charge is 0.478 e. The van der Waals surface area contributed by atoms with Crippen LogP contribution in [0.2, 0.25) is 0 Å². The SMILES string of the molecule is C=C(C)C(=S)OCc1c(C)ccc2ccccc12. The quantitative estimate of drug-likeness (QED) is 0.587. The molecule has 0 spiro atoms. The molecule has 1 nitrogen and oxygen atoms in total. The first-order valence-electron chi connectivity index (χ1n) is 5.89. The molecule has 0 atom stereocenters. The van der Waals surface area contributed by atoms with Gasteiger partial charge >= 0.3 is 0 Å². The van der Waals surface area contributed by atoms with Gasteiger partial charge in [0, 0.05) is 5.56 Å². The highest BCUT2D eigenvalue weighted by molar-refractivity contribution is 7.80. The molecular weight excluding hydrogens is 240 g/mol. The van der Waals surface area contributed by atoms with E-state index in [9.17, 15) is 0 Å². The lowest BCUT2D eigenvalue weighted by atomic mass is 10.0. The van der Waals surface area contributed by atoms with E-state index < -0.39 is 0 Å². The van der Waals surface area contributed by atoms with E-state index in [1.807, 2.05) is 19.1 Å². The van der Waals surface area contributed by atoms with Crippen molar-refractivity contribution in [3.63, 3.8) is 0 Å². The minimum absolute atomic E-state index is 0.488. The lowest BCUT2D eigenvalue weighted by Gasteiger charge is -2.12. The van der Waals surface area contributed by atoms with Crippen LogP contribution >= 0.6 is 12.2 Å². The molecule has 0 bridgehead atoms. The van der Waals surface area contributed by atoms with E-state index in [-0.39, 0.29) is 0 Å². The summed E-state index contributed by atoms with van der Waals surface area (Å²) in [6.07, 6.45) is 0. The van der Waals surface area contributed by atoms with Gasteiger partial charge in [0.05, 0.1) is 0 Å². The average molecular weight is 256 g/mol. The molecule has 0 amide bonds. The molecule has 92 valence electrons. The second-order valence-electron chi connectivity index (χ2n) is 4.44. The van der Waals surface area contributed by atoms with E-state index in [0.29, 0.717) is 11.7 Å². The summed E-state index contributed by atoms with van der Waals surface area (Å²) in [5.74, 6) is 0. The van der Waals surface area contributed by atoms with Crippen LogP contribution in [0.5, 0.6) is 0 Å². The number of hydrogen-bond donors (Lipinski definition) is 0. The molecule has 2 aromatic rings. The van der Waals surface area contributed by atoms with Crippen LogP contribution in [-0.4, -0.2) is 5.05 Å². The molecule has 0 aliphatic heterocycles. The smallest absolute Gasteiger partial charge is 0.186 e. The second kappa shape index (κ2) is 5.32. The van der Waals surface area contributed by atoms with Crippen LogP contribution in [0.25, 0.3) is 10.8 Å². The van der Waals surface area contributed by atoms with Crippen molar-refractivity contribution < 1.29 is 4.74 Å². The zero-order valence-corrected chi connectivity index (χ0v) is 11.5. The second-order valence-corrected chi connectivity index (χ2v) is 4.81. The van der Waals surface area contributed by atoms with Crippen molar-refractivity contribution in [1.82, 2.24) is 0 Å². The fraction of sp³-hybridized carbons (Fsp3) is 0.188. The van der Waals surface area contributed by atoms with Gasteiger partial charge in [0.1, 0.15) is 6.61 Å². The molecule has 0 saturated heterocycles. The van der Waals surface area contributed by atoms with E-state index >= 15 is 0 Å². The first-order valence-corrected chi connectivity index (χ1v) is 6.30. The van der Waals surface area contributed by atoms with Gasteiger partial charge in [0.15, 0.2) is 5.05 Å². The predicted octanol–water partition coefficient (Wildman–Crippen LogP) is 4.57. The maximum absolute atomic E-state index is 5.61. The minimum Gasteiger partial charge on any atom is -0.478 e. The van der Waals surface area contributed by atoms with Crippen molar-refractivity contribution in [2.45, 2.75) is 20.5 Å². The molecule has 0 saturated carbocycles. The third-order valence-electron chi connectivity index (χ3n) is 2.97. The summed E-state index contributed by atoms with van der Waals surface area (Å²) in [5, 5.41) is 2.94. The van der Waals surface area contributed by atoms with Crippen LogP contribution < -0.4 is 0 Å². The summed E-state index contributed by atoms with van der Waals surface area (Å²) >= 11 is 5.12. The number of aryl methyl sites for hydroxylation is 1. The molecule has 0 heterocycles. The van der Waals surface area contributed by atoms with E-state index in [1.54, 1.807) is 0 Å². The van der Waals surface area contributed by atoms with Crippen molar-refractivity contribution in [2.24, 2.45) is 0 Å². The van der Waals surface area contributed by atoms with E-state index in [0.717, 1.165) is 5.57 Å². The Labute approximate surface area is 113 Å². The number of hydrogen-bond acceptors (Lipinski definition) is 2. The minimum atomic E-state index is 0.488. The maximum Gasteiger partial charge on any atom is 0.186 e. The van der Waals surface area contributed by atoms with Crippen LogP contribution in [0.3, 0.4) is 0 Å². The summed E-state index contributed by atoms with van der Waals surface area (Å²) in [7, 11) is 0. The molecule has 0 N–H and O–H groups in total. The van der Waals surface area contributed by atoms with Crippen LogP contribution in [-0.2, 0) is 11.3 Å². The Morgan fingerprint density at radius 3 is 2.67 bits per heavy atom. The predicted molar refractivity (Wildman–Crippen MR) is 80.9 cm³/mol. The van der Waals surface area contributed by atoms with Crippen LogP contribution in [0.15, 0.2) is 48.6 Å². The number of benzene rings is 2. The van der Waals surface area contributed by atoms with Gasteiger partial charge < -0.3 is 4.74 Å². The van der Waals surface area contributed by atoms with Gasteiger partial charge in [-0.15, -0.1) is 0 Å². The van der Waals surface area contributed by atoms with Crippen molar-refractivity contribution >= 4 is 28.0 Å². The summed E-state index contributed by atoms with van der Waals surface area (Å²) < 4.78 is 5.61. The van der Waals surface area contributed by atoms with Gasteiger partial charge in [-0.25, -0.2) is 0 Å². The highest BCUT2D eigenvalue weighted by Crippen LogP contribution is 2.23. The summed E-state index contributed by atoms with van der Waals surface area (Å²) in [4.78, 5) is 0. The fourth-order valence-corrected chi connectivity index (χ4v) is 1.96. The highest BCUT2D eigenvalue weighted by atomic mass is 32.1. The monoisotopic (exact) mass is 256 g/mol. The van der Waals surface area contributed by atoms with Crippen molar-refractivity contribution in [3.8, 4) is 0 Å². The molecule has 0 unspecified atom stereocenters. The Hall–Kier alpha value is -1.67. The van der Waals surface area contributed by atoms with Crippen molar-refractivity contribution in [1.29, 1.82) is 0 Å². The number of fused-ring (bicyclic) bond motifs is 1. The van der Waals surface area contributed by atoms with Gasteiger partial charge in [0.2, 0.25) is 0 Å². The van der Waals surface area contributed by atoms with E-state index in [2.05, 4.69) is 37.8 Å². The first kappa shape index (κ1) is 12.8. The van der Waals surface area contributed by atoms with Gasteiger partial charge in [0.25, 0.3) is 0 Å². The zero-order chi connectivity index (χ0) is 13.1. The molecule has 2 rings (SSSR count). The average Bonchev–Trinajstić information content (AvgIpc) is 2.37. The molecular formula is C16H16OS. The maximum atomic E-state index is 5.61. The Bertz CT molecular complexity index is 614. The van der Waals surface area contributed by atoms with Gasteiger partial charge in [-0.1, -0.05) is 43.0 Å². The summed E-state index contributed by atoms with van der Waals surface area (Å²) in [6.45, 7) is 8.24. The molecule has 0 aliphatic rings. The molecule has 2 aromatic carbocycles. The third kappa shape index (κ3) is 2.59. The fourth-order valence-electron chi connectivity index (χ4n) is 1.90. The standard InChI is InChI=1S/C16H16OS/c1-11(2)16(18)17-10-15-12(3)8-9-13-6-4-5-7-14(13)15/h4-9H,1,10H2,2-3H3. The molecule has 0 aliphatic carbocycles. The van der Waals surface area contributed by atoms with Crippen molar-refractivity contribution in [3.05, 3.63) is 59.7 Å². The van der Waals surface area contributed by atoms with E-state index in [4.69, 9.17) is 17.0 Å². The Balaban J connectivity index is 2.35. The first-order chi connectivity index (χ1) is 8.59. The lowest BCUT2D eigenvalue weighted by Crippen LogP contribution is -2.04.